The third kappa shape index (κ3) is 2.68. The molecule has 2 rings (SSSR count). The zero-order chi connectivity index (χ0) is 11.5. The number of aliphatic hydroxyl groups excluding tert-OH is 1. The Bertz CT molecular complexity index is 478. The molecule has 0 fully saturated rings. The fourth-order valence-electron chi connectivity index (χ4n) is 1.64. The second-order valence-corrected chi connectivity index (χ2v) is 4.96. The number of halogens is 1. The van der Waals surface area contributed by atoms with Gasteiger partial charge in [0.1, 0.15) is 5.82 Å². The van der Waals surface area contributed by atoms with Crippen molar-refractivity contribution in [3.8, 4) is 0 Å². The molecule has 0 amide bonds. The molecule has 0 radical (unpaired) electrons. The van der Waals surface area contributed by atoms with E-state index in [2.05, 4.69) is 0 Å². The van der Waals surface area contributed by atoms with Gasteiger partial charge in [-0.3, -0.25) is 0 Å². The van der Waals surface area contributed by atoms with Crippen molar-refractivity contribution >= 4 is 11.3 Å². The van der Waals surface area contributed by atoms with E-state index in [1.165, 1.54) is 17.0 Å². The molecule has 1 heterocycles. The zero-order valence-electron chi connectivity index (χ0n) is 8.98. The third-order valence-corrected chi connectivity index (χ3v) is 3.33. The molecule has 0 aliphatic rings. The van der Waals surface area contributed by atoms with E-state index < -0.39 is 6.10 Å². The van der Waals surface area contributed by atoms with Crippen LogP contribution < -0.4 is 0 Å². The first kappa shape index (κ1) is 11.3. The second kappa shape index (κ2) is 4.76. The summed E-state index contributed by atoms with van der Waals surface area (Å²) in [4.78, 5) is 1.17. The highest BCUT2D eigenvalue weighted by Crippen LogP contribution is 2.23. The van der Waals surface area contributed by atoms with E-state index in [4.69, 9.17) is 0 Å². The Labute approximate surface area is 98.2 Å². The van der Waals surface area contributed by atoms with E-state index in [9.17, 15) is 9.50 Å². The molecular weight excluding hydrogens is 223 g/mol. The molecule has 0 aliphatic carbocycles. The van der Waals surface area contributed by atoms with Gasteiger partial charge in [-0.2, -0.15) is 0 Å². The molecule has 2 aromatic rings. The van der Waals surface area contributed by atoms with Crippen LogP contribution in [0.15, 0.2) is 35.7 Å². The van der Waals surface area contributed by atoms with Gasteiger partial charge in [-0.1, -0.05) is 12.1 Å². The van der Waals surface area contributed by atoms with Crippen LogP contribution in [-0.2, 0) is 6.42 Å². The van der Waals surface area contributed by atoms with Crippen molar-refractivity contribution in [3.63, 3.8) is 0 Å². The molecule has 16 heavy (non-hydrogen) atoms. The van der Waals surface area contributed by atoms with Crippen LogP contribution in [0.3, 0.4) is 0 Å². The Morgan fingerprint density at radius 2 is 2.19 bits per heavy atom. The van der Waals surface area contributed by atoms with Gasteiger partial charge in [0.25, 0.3) is 0 Å². The maximum absolute atomic E-state index is 12.9. The van der Waals surface area contributed by atoms with Crippen LogP contribution in [0.4, 0.5) is 4.39 Å². The number of hydrogen-bond acceptors (Lipinski definition) is 2. The molecule has 1 aromatic heterocycles. The fourth-order valence-corrected chi connectivity index (χ4v) is 2.39. The Hall–Kier alpha value is -1.19. The van der Waals surface area contributed by atoms with Gasteiger partial charge in [-0.25, -0.2) is 4.39 Å². The minimum atomic E-state index is -0.549. The van der Waals surface area contributed by atoms with Crippen molar-refractivity contribution < 1.29 is 9.50 Å². The van der Waals surface area contributed by atoms with Crippen LogP contribution in [0.25, 0.3) is 0 Å². The van der Waals surface area contributed by atoms with Gasteiger partial charge in [-0.05, 0) is 41.6 Å². The number of benzene rings is 1. The molecule has 0 saturated carbocycles. The van der Waals surface area contributed by atoms with Crippen molar-refractivity contribution in [2.45, 2.75) is 19.4 Å². The molecule has 0 spiro atoms. The maximum Gasteiger partial charge on any atom is 0.123 e. The lowest BCUT2D eigenvalue weighted by Gasteiger charge is -2.08. The Balaban J connectivity index is 2.10. The Kier molecular flexibility index (Phi) is 3.36. The molecule has 84 valence electrons. The highest BCUT2D eigenvalue weighted by atomic mass is 32.1. The second-order valence-electron chi connectivity index (χ2n) is 3.84. The molecule has 3 heteroatoms. The normalized spacial score (nSPS) is 12.7. The van der Waals surface area contributed by atoms with Crippen molar-refractivity contribution in [2.75, 3.05) is 0 Å². The van der Waals surface area contributed by atoms with Gasteiger partial charge in [0.2, 0.25) is 0 Å². The van der Waals surface area contributed by atoms with Gasteiger partial charge < -0.3 is 5.11 Å². The van der Waals surface area contributed by atoms with Gasteiger partial charge in [0.05, 0.1) is 6.10 Å². The summed E-state index contributed by atoms with van der Waals surface area (Å²) in [6.07, 6.45) is -0.0970. The Morgan fingerprint density at radius 1 is 1.38 bits per heavy atom. The molecule has 1 nitrogen and oxygen atoms in total. The fraction of sp³-hybridized carbons (Fsp3) is 0.231. The first-order valence-corrected chi connectivity index (χ1v) is 6.00. The predicted octanol–water partition coefficient (Wildman–Crippen LogP) is 3.47. The number of rotatable bonds is 3. The number of aliphatic hydroxyl groups is 1. The summed E-state index contributed by atoms with van der Waals surface area (Å²) >= 11 is 1.61. The number of hydrogen-bond donors (Lipinski definition) is 1. The highest BCUT2D eigenvalue weighted by molar-refractivity contribution is 7.10. The lowest BCUT2D eigenvalue weighted by molar-refractivity contribution is 0.179. The van der Waals surface area contributed by atoms with E-state index in [-0.39, 0.29) is 5.82 Å². The van der Waals surface area contributed by atoms with Gasteiger partial charge in [-0.15, -0.1) is 11.3 Å². The van der Waals surface area contributed by atoms with E-state index in [0.29, 0.717) is 6.42 Å². The molecule has 0 aliphatic heterocycles. The SMILES string of the molecule is Cc1cc(C(O)Cc2cccc(F)c2)cs1. The van der Waals surface area contributed by atoms with E-state index >= 15 is 0 Å². The predicted molar refractivity (Wildman–Crippen MR) is 64.1 cm³/mol. The minimum absolute atomic E-state index is 0.258. The topological polar surface area (TPSA) is 20.2 Å². The summed E-state index contributed by atoms with van der Waals surface area (Å²) in [5.41, 5.74) is 1.73. The van der Waals surface area contributed by atoms with Gasteiger partial charge in [0.15, 0.2) is 0 Å². The standard InChI is InChI=1S/C13H13FOS/c1-9-5-11(8-16-9)13(15)7-10-3-2-4-12(14)6-10/h2-6,8,13,15H,7H2,1H3. The van der Waals surface area contributed by atoms with Crippen molar-refractivity contribution in [1.82, 2.24) is 0 Å². The molecule has 1 N–H and O–H groups in total. The summed E-state index contributed by atoms with van der Waals surface area (Å²) in [5, 5.41) is 11.9. The Morgan fingerprint density at radius 3 is 2.81 bits per heavy atom. The summed E-state index contributed by atoms with van der Waals surface area (Å²) in [5.74, 6) is -0.258. The van der Waals surface area contributed by atoms with Crippen LogP contribution >= 0.6 is 11.3 Å². The van der Waals surface area contributed by atoms with Crippen LogP contribution in [0.5, 0.6) is 0 Å². The van der Waals surface area contributed by atoms with Crippen LogP contribution in [0.2, 0.25) is 0 Å². The average molecular weight is 236 g/mol. The molecule has 1 aromatic carbocycles. The van der Waals surface area contributed by atoms with Crippen LogP contribution in [0, 0.1) is 12.7 Å². The quantitative estimate of drug-likeness (QED) is 0.865. The lowest BCUT2D eigenvalue weighted by atomic mass is 10.0. The van der Waals surface area contributed by atoms with Gasteiger partial charge in [0, 0.05) is 11.3 Å². The third-order valence-electron chi connectivity index (χ3n) is 2.45. The van der Waals surface area contributed by atoms with Crippen molar-refractivity contribution in [1.29, 1.82) is 0 Å². The largest absolute Gasteiger partial charge is 0.388 e. The summed E-state index contributed by atoms with van der Waals surface area (Å²) in [6, 6.07) is 8.32. The zero-order valence-corrected chi connectivity index (χ0v) is 9.80. The van der Waals surface area contributed by atoms with E-state index in [1.807, 2.05) is 24.4 Å². The number of thiophene rings is 1. The van der Waals surface area contributed by atoms with Crippen LogP contribution in [0.1, 0.15) is 22.1 Å². The average Bonchev–Trinajstić information content (AvgIpc) is 2.65. The van der Waals surface area contributed by atoms with Crippen LogP contribution in [-0.4, -0.2) is 5.11 Å². The lowest BCUT2D eigenvalue weighted by Crippen LogP contribution is -2.00. The van der Waals surface area contributed by atoms with E-state index in [1.54, 1.807) is 17.4 Å². The first-order chi connectivity index (χ1) is 7.65. The molecule has 1 unspecified atom stereocenters. The van der Waals surface area contributed by atoms with Gasteiger partial charge >= 0.3 is 0 Å². The molecule has 0 saturated heterocycles. The highest BCUT2D eigenvalue weighted by Gasteiger charge is 2.10. The maximum atomic E-state index is 12.9. The molecule has 1 atom stereocenters. The van der Waals surface area contributed by atoms with Crippen molar-refractivity contribution in [2.24, 2.45) is 0 Å². The molecule has 0 bridgehead atoms. The first-order valence-electron chi connectivity index (χ1n) is 5.12. The van der Waals surface area contributed by atoms with E-state index in [0.717, 1.165) is 11.1 Å². The summed E-state index contributed by atoms with van der Waals surface area (Å²) < 4.78 is 12.9. The minimum Gasteiger partial charge on any atom is -0.388 e. The summed E-state index contributed by atoms with van der Waals surface area (Å²) in [6.45, 7) is 2.00. The monoisotopic (exact) mass is 236 g/mol. The number of aryl methyl sites for hydroxylation is 1. The van der Waals surface area contributed by atoms with Crippen molar-refractivity contribution in [3.05, 3.63) is 57.5 Å². The molecular formula is C13H13FOS. The summed E-state index contributed by atoms with van der Waals surface area (Å²) in [7, 11) is 0. The smallest absolute Gasteiger partial charge is 0.123 e.